The number of nitrogens with zero attached hydrogens (tertiary/aromatic N) is 3. The molecule has 0 aliphatic rings. The van der Waals surface area contributed by atoms with Crippen molar-refractivity contribution in [2.24, 2.45) is 0 Å². The molecule has 2 N–H and O–H groups in total. The van der Waals surface area contributed by atoms with Gasteiger partial charge in [-0.15, -0.1) is 0 Å². The third-order valence-electron chi connectivity index (χ3n) is 3.96. The molecule has 0 aliphatic heterocycles. The van der Waals surface area contributed by atoms with Gasteiger partial charge in [0.15, 0.2) is 5.82 Å². The van der Waals surface area contributed by atoms with Crippen LogP contribution in [0.1, 0.15) is 16.2 Å². The number of amides is 1. The standard InChI is InChI=1S/C19H15N5O2/c25-18-15-7-1-2-8-16(15)22-17(23-18)19(26)20-12-13-5-3-6-14(11-13)24-10-4-9-21-24/h1-11H,12H2,(H,20,26)(H,22,23,25). The third-order valence-corrected chi connectivity index (χ3v) is 3.96. The smallest absolute Gasteiger partial charge is 0.287 e. The van der Waals surface area contributed by atoms with Crippen molar-refractivity contribution in [3.63, 3.8) is 0 Å². The lowest BCUT2D eigenvalue weighted by molar-refractivity contribution is 0.0940. The highest BCUT2D eigenvalue weighted by molar-refractivity contribution is 5.92. The Morgan fingerprint density at radius 2 is 2.00 bits per heavy atom. The SMILES string of the molecule is O=C(NCc1cccc(-n2cccn2)c1)c1nc2ccccc2c(=O)[nH]1. The average molecular weight is 345 g/mol. The highest BCUT2D eigenvalue weighted by Gasteiger charge is 2.11. The first-order valence-electron chi connectivity index (χ1n) is 8.07. The maximum Gasteiger partial charge on any atom is 0.287 e. The van der Waals surface area contributed by atoms with E-state index in [2.05, 4.69) is 20.4 Å². The summed E-state index contributed by atoms with van der Waals surface area (Å²) in [6.07, 6.45) is 3.55. The predicted molar refractivity (Wildman–Crippen MR) is 97.1 cm³/mol. The van der Waals surface area contributed by atoms with Crippen LogP contribution in [0.25, 0.3) is 16.6 Å². The van der Waals surface area contributed by atoms with Gasteiger partial charge < -0.3 is 10.3 Å². The fourth-order valence-corrected chi connectivity index (χ4v) is 2.69. The number of para-hydroxylation sites is 1. The highest BCUT2D eigenvalue weighted by Crippen LogP contribution is 2.10. The van der Waals surface area contributed by atoms with Crippen LogP contribution in [0.4, 0.5) is 0 Å². The summed E-state index contributed by atoms with van der Waals surface area (Å²) in [6, 6.07) is 16.4. The zero-order valence-electron chi connectivity index (χ0n) is 13.7. The molecule has 7 nitrogen and oxygen atoms in total. The Hall–Kier alpha value is -3.74. The summed E-state index contributed by atoms with van der Waals surface area (Å²) in [4.78, 5) is 31.2. The summed E-state index contributed by atoms with van der Waals surface area (Å²) in [5.41, 5.74) is 1.97. The fraction of sp³-hybridized carbons (Fsp3) is 0.0526. The number of fused-ring (bicyclic) bond motifs is 1. The zero-order chi connectivity index (χ0) is 17.9. The van der Waals surface area contributed by atoms with Gasteiger partial charge in [0.2, 0.25) is 0 Å². The Labute approximate surface area is 148 Å². The van der Waals surface area contributed by atoms with Crippen LogP contribution in [0.5, 0.6) is 0 Å². The van der Waals surface area contributed by atoms with E-state index in [1.165, 1.54) is 0 Å². The van der Waals surface area contributed by atoms with Gasteiger partial charge in [0.25, 0.3) is 11.5 Å². The molecular formula is C19H15N5O2. The number of aromatic nitrogens is 4. The highest BCUT2D eigenvalue weighted by atomic mass is 16.2. The Kier molecular flexibility index (Phi) is 4.03. The van der Waals surface area contributed by atoms with Crippen molar-refractivity contribution in [2.45, 2.75) is 6.54 Å². The lowest BCUT2D eigenvalue weighted by Crippen LogP contribution is -2.27. The first-order chi connectivity index (χ1) is 12.7. The van der Waals surface area contributed by atoms with E-state index in [4.69, 9.17) is 0 Å². The molecule has 0 spiro atoms. The van der Waals surface area contributed by atoms with Crippen LogP contribution >= 0.6 is 0 Å². The van der Waals surface area contributed by atoms with Crippen LogP contribution in [0, 0.1) is 0 Å². The first-order valence-corrected chi connectivity index (χ1v) is 8.07. The van der Waals surface area contributed by atoms with Crippen molar-refractivity contribution < 1.29 is 4.79 Å². The minimum atomic E-state index is -0.433. The molecule has 1 amide bonds. The van der Waals surface area contributed by atoms with E-state index in [0.717, 1.165) is 11.3 Å². The molecule has 0 aliphatic carbocycles. The Balaban J connectivity index is 1.53. The average Bonchev–Trinajstić information content (AvgIpc) is 3.21. The van der Waals surface area contributed by atoms with Gasteiger partial charge in [-0.05, 0) is 35.9 Å². The van der Waals surface area contributed by atoms with Gasteiger partial charge in [-0.25, -0.2) is 9.67 Å². The molecule has 26 heavy (non-hydrogen) atoms. The van der Waals surface area contributed by atoms with Crippen molar-refractivity contribution in [3.05, 3.63) is 88.7 Å². The molecule has 0 fully saturated rings. The molecule has 7 heteroatoms. The van der Waals surface area contributed by atoms with Crippen LogP contribution in [0.15, 0.2) is 71.8 Å². The van der Waals surface area contributed by atoms with Crippen molar-refractivity contribution in [1.82, 2.24) is 25.1 Å². The number of carbonyl (C=O) groups is 1. The number of benzene rings is 2. The molecule has 0 radical (unpaired) electrons. The van der Waals surface area contributed by atoms with E-state index in [9.17, 15) is 9.59 Å². The molecule has 2 aromatic heterocycles. The number of carbonyl (C=O) groups excluding carboxylic acids is 1. The molecule has 0 saturated carbocycles. The first kappa shape index (κ1) is 15.8. The quantitative estimate of drug-likeness (QED) is 0.592. The maximum absolute atomic E-state index is 12.4. The summed E-state index contributed by atoms with van der Waals surface area (Å²) < 4.78 is 1.74. The Morgan fingerprint density at radius 3 is 2.85 bits per heavy atom. The minimum Gasteiger partial charge on any atom is -0.345 e. The third kappa shape index (κ3) is 3.10. The van der Waals surface area contributed by atoms with Crippen LogP contribution in [-0.4, -0.2) is 25.7 Å². The number of nitrogens with one attached hydrogen (secondary N) is 2. The summed E-state index contributed by atoms with van der Waals surface area (Å²) in [6.45, 7) is 0.310. The molecule has 0 unspecified atom stereocenters. The summed E-state index contributed by atoms with van der Waals surface area (Å²) in [5.74, 6) is -0.436. The van der Waals surface area contributed by atoms with E-state index in [-0.39, 0.29) is 11.4 Å². The fourth-order valence-electron chi connectivity index (χ4n) is 2.69. The van der Waals surface area contributed by atoms with E-state index in [1.807, 2.05) is 36.5 Å². The van der Waals surface area contributed by atoms with Gasteiger partial charge in [-0.2, -0.15) is 5.10 Å². The molecule has 2 aromatic carbocycles. The predicted octanol–water partition coefficient (Wildman–Crippen LogP) is 2.04. The van der Waals surface area contributed by atoms with Gasteiger partial charge in [-0.3, -0.25) is 9.59 Å². The number of hydrogen-bond donors (Lipinski definition) is 2. The van der Waals surface area contributed by atoms with E-state index < -0.39 is 5.91 Å². The van der Waals surface area contributed by atoms with Crippen LogP contribution in [0.2, 0.25) is 0 Å². The molecule has 2 heterocycles. The molecule has 0 atom stereocenters. The van der Waals surface area contributed by atoms with E-state index >= 15 is 0 Å². The molecule has 4 rings (SSSR count). The van der Waals surface area contributed by atoms with E-state index in [1.54, 1.807) is 35.1 Å². The van der Waals surface area contributed by atoms with Crippen LogP contribution < -0.4 is 10.9 Å². The van der Waals surface area contributed by atoms with Gasteiger partial charge in [0, 0.05) is 18.9 Å². The molecular weight excluding hydrogens is 330 g/mol. The molecule has 0 bridgehead atoms. The van der Waals surface area contributed by atoms with Crippen molar-refractivity contribution in [3.8, 4) is 5.69 Å². The van der Waals surface area contributed by atoms with Gasteiger partial charge in [0.05, 0.1) is 16.6 Å². The minimum absolute atomic E-state index is 0.00284. The lowest BCUT2D eigenvalue weighted by atomic mass is 10.2. The Bertz CT molecular complexity index is 1130. The normalized spacial score (nSPS) is 10.8. The van der Waals surface area contributed by atoms with Gasteiger partial charge in [-0.1, -0.05) is 24.3 Å². The second kappa shape index (κ2) is 6.64. The number of H-pyrrole nitrogens is 1. The maximum atomic E-state index is 12.4. The van der Waals surface area contributed by atoms with Gasteiger partial charge >= 0.3 is 0 Å². The Morgan fingerprint density at radius 1 is 1.12 bits per heavy atom. The zero-order valence-corrected chi connectivity index (χ0v) is 13.7. The van der Waals surface area contributed by atoms with Crippen molar-refractivity contribution in [2.75, 3.05) is 0 Å². The van der Waals surface area contributed by atoms with Crippen molar-refractivity contribution >= 4 is 16.8 Å². The summed E-state index contributed by atoms with van der Waals surface area (Å²) in [5, 5.41) is 7.42. The van der Waals surface area contributed by atoms with Crippen LogP contribution in [0.3, 0.4) is 0 Å². The van der Waals surface area contributed by atoms with Gasteiger partial charge in [0.1, 0.15) is 0 Å². The van der Waals surface area contributed by atoms with Crippen LogP contribution in [-0.2, 0) is 6.54 Å². The van der Waals surface area contributed by atoms with Crippen molar-refractivity contribution in [1.29, 1.82) is 0 Å². The van der Waals surface area contributed by atoms with E-state index in [0.29, 0.717) is 17.4 Å². The second-order valence-electron chi connectivity index (χ2n) is 5.73. The topological polar surface area (TPSA) is 92.7 Å². The number of aromatic amines is 1. The molecule has 128 valence electrons. The number of rotatable bonds is 4. The molecule has 4 aromatic rings. The molecule has 0 saturated heterocycles. The number of hydrogen-bond acceptors (Lipinski definition) is 4. The largest absolute Gasteiger partial charge is 0.345 e. The summed E-state index contributed by atoms with van der Waals surface area (Å²) in [7, 11) is 0. The monoisotopic (exact) mass is 345 g/mol. The summed E-state index contributed by atoms with van der Waals surface area (Å²) >= 11 is 0. The lowest BCUT2D eigenvalue weighted by Gasteiger charge is -2.08. The second-order valence-corrected chi connectivity index (χ2v) is 5.73.